The SMILES string of the molecule is CCNC(=O)c1ccc(I)c(Cl)c1. The Labute approximate surface area is 95.8 Å². The molecule has 1 N–H and O–H groups in total. The van der Waals surface area contributed by atoms with Crippen molar-refractivity contribution < 1.29 is 4.79 Å². The molecular formula is C9H9ClINO. The van der Waals surface area contributed by atoms with Crippen LogP contribution in [0.2, 0.25) is 5.02 Å². The van der Waals surface area contributed by atoms with Crippen molar-refractivity contribution in [1.82, 2.24) is 5.32 Å². The van der Waals surface area contributed by atoms with Crippen molar-refractivity contribution in [3.63, 3.8) is 0 Å². The number of amides is 1. The van der Waals surface area contributed by atoms with Gasteiger partial charge in [0.1, 0.15) is 0 Å². The quantitative estimate of drug-likeness (QED) is 0.836. The third-order valence-electron chi connectivity index (χ3n) is 1.52. The number of hydrogen-bond donors (Lipinski definition) is 1. The third kappa shape index (κ3) is 2.84. The highest BCUT2D eigenvalue weighted by atomic mass is 127. The number of hydrogen-bond acceptors (Lipinski definition) is 1. The van der Waals surface area contributed by atoms with Crippen molar-refractivity contribution >= 4 is 40.1 Å². The van der Waals surface area contributed by atoms with E-state index in [-0.39, 0.29) is 5.91 Å². The smallest absolute Gasteiger partial charge is 0.251 e. The van der Waals surface area contributed by atoms with Crippen LogP contribution in [-0.2, 0) is 0 Å². The fourth-order valence-electron chi connectivity index (χ4n) is 0.900. The summed E-state index contributed by atoms with van der Waals surface area (Å²) in [5, 5.41) is 3.32. The number of benzene rings is 1. The molecule has 0 unspecified atom stereocenters. The number of halogens is 2. The molecule has 0 aliphatic heterocycles. The summed E-state index contributed by atoms with van der Waals surface area (Å²) in [5.74, 6) is -0.0826. The molecule has 0 atom stereocenters. The molecule has 0 fully saturated rings. The third-order valence-corrected chi connectivity index (χ3v) is 3.09. The average molecular weight is 310 g/mol. The first kappa shape index (κ1) is 10.8. The van der Waals surface area contributed by atoms with Crippen molar-refractivity contribution in [2.75, 3.05) is 6.54 Å². The highest BCUT2D eigenvalue weighted by Gasteiger charge is 2.05. The molecule has 70 valence electrons. The van der Waals surface area contributed by atoms with E-state index in [1.165, 1.54) is 0 Å². The summed E-state index contributed by atoms with van der Waals surface area (Å²) < 4.78 is 0.951. The van der Waals surface area contributed by atoms with Crippen LogP contribution >= 0.6 is 34.2 Å². The molecule has 2 nitrogen and oxygen atoms in total. The van der Waals surface area contributed by atoms with Crippen molar-refractivity contribution in [1.29, 1.82) is 0 Å². The highest BCUT2D eigenvalue weighted by molar-refractivity contribution is 14.1. The Hall–Kier alpha value is -0.290. The summed E-state index contributed by atoms with van der Waals surface area (Å²) in [7, 11) is 0. The Morgan fingerprint density at radius 3 is 2.85 bits per heavy atom. The van der Waals surface area contributed by atoms with Crippen LogP contribution in [0.3, 0.4) is 0 Å². The van der Waals surface area contributed by atoms with E-state index in [9.17, 15) is 4.79 Å². The van der Waals surface area contributed by atoms with Gasteiger partial charge in [-0.25, -0.2) is 0 Å². The number of carbonyl (C=O) groups is 1. The molecule has 0 heterocycles. The normalized spacial score (nSPS) is 9.77. The van der Waals surface area contributed by atoms with Gasteiger partial charge in [-0.15, -0.1) is 0 Å². The molecular weight excluding hydrogens is 300 g/mol. The van der Waals surface area contributed by atoms with E-state index in [0.717, 1.165) is 3.57 Å². The van der Waals surface area contributed by atoms with Gasteiger partial charge in [-0.05, 0) is 47.7 Å². The van der Waals surface area contributed by atoms with E-state index in [1.807, 2.05) is 13.0 Å². The molecule has 13 heavy (non-hydrogen) atoms. The molecule has 0 aromatic heterocycles. The summed E-state index contributed by atoms with van der Waals surface area (Å²) in [4.78, 5) is 11.3. The Kier molecular flexibility index (Phi) is 3.99. The number of nitrogens with one attached hydrogen (secondary N) is 1. The van der Waals surface area contributed by atoms with Gasteiger partial charge in [0, 0.05) is 15.7 Å². The van der Waals surface area contributed by atoms with Gasteiger partial charge in [0.25, 0.3) is 5.91 Å². The van der Waals surface area contributed by atoms with Crippen LogP contribution in [0.1, 0.15) is 17.3 Å². The number of rotatable bonds is 2. The van der Waals surface area contributed by atoms with Crippen molar-refractivity contribution in [3.05, 3.63) is 32.4 Å². The predicted octanol–water partition coefficient (Wildman–Crippen LogP) is 2.69. The molecule has 0 aliphatic rings. The van der Waals surface area contributed by atoms with Crippen LogP contribution in [0.5, 0.6) is 0 Å². The van der Waals surface area contributed by atoms with Gasteiger partial charge in [0.15, 0.2) is 0 Å². The fourth-order valence-corrected chi connectivity index (χ4v) is 1.42. The van der Waals surface area contributed by atoms with E-state index in [2.05, 4.69) is 27.9 Å². The van der Waals surface area contributed by atoms with Gasteiger partial charge >= 0.3 is 0 Å². The van der Waals surface area contributed by atoms with E-state index in [0.29, 0.717) is 17.1 Å². The van der Waals surface area contributed by atoms with Gasteiger partial charge in [0.05, 0.1) is 5.02 Å². The molecule has 0 saturated carbocycles. The van der Waals surface area contributed by atoms with Crippen molar-refractivity contribution in [2.24, 2.45) is 0 Å². The van der Waals surface area contributed by atoms with E-state index >= 15 is 0 Å². The molecule has 0 spiro atoms. The maximum atomic E-state index is 11.3. The first-order valence-electron chi connectivity index (χ1n) is 3.88. The molecule has 1 aromatic rings. The van der Waals surface area contributed by atoms with Crippen LogP contribution in [0.25, 0.3) is 0 Å². The predicted molar refractivity (Wildman–Crippen MR) is 62.2 cm³/mol. The van der Waals surface area contributed by atoms with Crippen molar-refractivity contribution in [3.8, 4) is 0 Å². The highest BCUT2D eigenvalue weighted by Crippen LogP contribution is 2.19. The topological polar surface area (TPSA) is 29.1 Å². The van der Waals surface area contributed by atoms with Gasteiger partial charge in [-0.1, -0.05) is 11.6 Å². The zero-order valence-electron chi connectivity index (χ0n) is 7.10. The second-order valence-corrected chi connectivity index (χ2v) is 4.06. The lowest BCUT2D eigenvalue weighted by atomic mass is 10.2. The summed E-state index contributed by atoms with van der Waals surface area (Å²) in [6.07, 6.45) is 0. The minimum Gasteiger partial charge on any atom is -0.352 e. The van der Waals surface area contributed by atoms with Crippen LogP contribution in [0, 0.1) is 3.57 Å². The van der Waals surface area contributed by atoms with Gasteiger partial charge in [0.2, 0.25) is 0 Å². The Morgan fingerprint density at radius 2 is 2.31 bits per heavy atom. The molecule has 0 aliphatic carbocycles. The van der Waals surface area contributed by atoms with Crippen LogP contribution in [-0.4, -0.2) is 12.5 Å². The zero-order valence-corrected chi connectivity index (χ0v) is 10.0. The van der Waals surface area contributed by atoms with Crippen LogP contribution in [0.4, 0.5) is 0 Å². The minimum absolute atomic E-state index is 0.0826. The summed E-state index contributed by atoms with van der Waals surface area (Å²) in [6.45, 7) is 2.51. The summed E-state index contributed by atoms with van der Waals surface area (Å²) >= 11 is 7.99. The molecule has 1 amide bonds. The molecule has 4 heteroatoms. The number of carbonyl (C=O) groups excluding carboxylic acids is 1. The van der Waals surface area contributed by atoms with E-state index in [1.54, 1.807) is 12.1 Å². The molecule has 1 rings (SSSR count). The summed E-state index contributed by atoms with van der Waals surface area (Å²) in [5.41, 5.74) is 0.604. The van der Waals surface area contributed by atoms with E-state index in [4.69, 9.17) is 11.6 Å². The Balaban J connectivity index is 2.90. The van der Waals surface area contributed by atoms with Crippen LogP contribution in [0.15, 0.2) is 18.2 Å². The van der Waals surface area contributed by atoms with Gasteiger partial charge < -0.3 is 5.32 Å². The Bertz CT molecular complexity index is 327. The second kappa shape index (κ2) is 4.81. The molecule has 1 aromatic carbocycles. The van der Waals surface area contributed by atoms with Crippen molar-refractivity contribution in [2.45, 2.75) is 6.92 Å². The first-order chi connectivity index (χ1) is 6.15. The van der Waals surface area contributed by atoms with Crippen LogP contribution < -0.4 is 5.32 Å². The maximum Gasteiger partial charge on any atom is 0.251 e. The second-order valence-electron chi connectivity index (χ2n) is 2.49. The maximum absolute atomic E-state index is 11.3. The van der Waals surface area contributed by atoms with Gasteiger partial charge in [-0.2, -0.15) is 0 Å². The first-order valence-corrected chi connectivity index (χ1v) is 5.34. The lowest BCUT2D eigenvalue weighted by molar-refractivity contribution is 0.0956. The molecule has 0 bridgehead atoms. The lowest BCUT2D eigenvalue weighted by Crippen LogP contribution is -2.22. The Morgan fingerprint density at radius 1 is 1.62 bits per heavy atom. The molecule has 0 saturated heterocycles. The summed E-state index contributed by atoms with van der Waals surface area (Å²) in [6, 6.07) is 5.26. The molecule has 0 radical (unpaired) electrons. The van der Waals surface area contributed by atoms with Gasteiger partial charge in [-0.3, -0.25) is 4.79 Å². The average Bonchev–Trinajstić information content (AvgIpc) is 2.10. The lowest BCUT2D eigenvalue weighted by Gasteiger charge is -2.02. The monoisotopic (exact) mass is 309 g/mol. The standard InChI is InChI=1S/C9H9ClINO/c1-2-12-9(13)6-3-4-8(11)7(10)5-6/h3-5H,2H2,1H3,(H,12,13). The fraction of sp³-hybridized carbons (Fsp3) is 0.222. The minimum atomic E-state index is -0.0826. The largest absolute Gasteiger partial charge is 0.352 e. The van der Waals surface area contributed by atoms with E-state index < -0.39 is 0 Å². The zero-order chi connectivity index (χ0) is 9.84.